The molecule has 0 aliphatic carbocycles. The van der Waals surface area contributed by atoms with Crippen LogP contribution in [-0.4, -0.2) is 32.3 Å². The van der Waals surface area contributed by atoms with Gasteiger partial charge in [0.1, 0.15) is 0 Å². The van der Waals surface area contributed by atoms with Crippen LogP contribution in [-0.2, 0) is 11.3 Å². The van der Waals surface area contributed by atoms with Gasteiger partial charge in [0.15, 0.2) is 11.0 Å². The number of hydrogen-bond donors (Lipinski definition) is 2. The van der Waals surface area contributed by atoms with E-state index in [9.17, 15) is 9.59 Å². The molecule has 1 heterocycles. The van der Waals surface area contributed by atoms with E-state index in [1.54, 1.807) is 30.3 Å². The van der Waals surface area contributed by atoms with Gasteiger partial charge in [-0.05, 0) is 56.2 Å². The third kappa shape index (κ3) is 6.46. The van der Waals surface area contributed by atoms with Crippen molar-refractivity contribution in [2.45, 2.75) is 38.5 Å². The Morgan fingerprint density at radius 1 is 1.18 bits per heavy atom. The Kier molecular flexibility index (Phi) is 8.30. The SMILES string of the molecule is C=CCn1c(SCC(=O)Nc2cc(C)cc(C)c2)nnc1[C@@H](C)NC(=O)c1ccccc1Cl. The first-order valence-electron chi connectivity index (χ1n) is 10.4. The van der Waals surface area contributed by atoms with Crippen molar-refractivity contribution >= 4 is 40.9 Å². The number of nitrogens with zero attached hydrogens (tertiary/aromatic N) is 3. The largest absolute Gasteiger partial charge is 0.342 e. The molecule has 3 rings (SSSR count). The fourth-order valence-corrected chi connectivity index (χ4v) is 4.36. The highest BCUT2D eigenvalue weighted by atomic mass is 35.5. The summed E-state index contributed by atoms with van der Waals surface area (Å²) < 4.78 is 1.83. The zero-order chi connectivity index (χ0) is 24.0. The maximum absolute atomic E-state index is 12.6. The standard InChI is InChI=1S/C24H26ClN5O2S/c1-5-10-30-22(17(4)26-23(32)19-8-6-7-9-20(19)25)28-29-24(30)33-14-21(31)27-18-12-15(2)11-16(3)13-18/h5-9,11-13,17H,1,10,14H2,2-4H3,(H,26,32)(H,27,31)/t17-/m1/s1. The summed E-state index contributed by atoms with van der Waals surface area (Å²) in [5, 5.41) is 15.3. The fourth-order valence-electron chi connectivity index (χ4n) is 3.39. The highest BCUT2D eigenvalue weighted by Crippen LogP contribution is 2.23. The summed E-state index contributed by atoms with van der Waals surface area (Å²) >= 11 is 7.41. The van der Waals surface area contributed by atoms with Crippen molar-refractivity contribution in [3.63, 3.8) is 0 Å². The van der Waals surface area contributed by atoms with Crippen LogP contribution in [0.4, 0.5) is 5.69 Å². The van der Waals surface area contributed by atoms with Crippen LogP contribution in [0.15, 0.2) is 60.3 Å². The van der Waals surface area contributed by atoms with Crippen LogP contribution < -0.4 is 10.6 Å². The van der Waals surface area contributed by atoms with Crippen LogP contribution in [0.25, 0.3) is 0 Å². The van der Waals surface area contributed by atoms with Crippen molar-refractivity contribution in [2.75, 3.05) is 11.1 Å². The number of halogens is 1. The average Bonchev–Trinajstić information content (AvgIpc) is 3.14. The third-order valence-corrected chi connectivity index (χ3v) is 6.04. The lowest BCUT2D eigenvalue weighted by atomic mass is 10.1. The number of amides is 2. The lowest BCUT2D eigenvalue weighted by Crippen LogP contribution is -2.29. The Bertz CT molecular complexity index is 1160. The molecule has 3 aromatic rings. The monoisotopic (exact) mass is 483 g/mol. The van der Waals surface area contributed by atoms with E-state index in [4.69, 9.17) is 11.6 Å². The number of aryl methyl sites for hydroxylation is 2. The molecule has 2 aromatic carbocycles. The molecule has 2 N–H and O–H groups in total. The number of carbonyl (C=O) groups is 2. The highest BCUT2D eigenvalue weighted by Gasteiger charge is 2.21. The predicted molar refractivity (Wildman–Crippen MR) is 133 cm³/mol. The van der Waals surface area contributed by atoms with E-state index in [-0.39, 0.29) is 17.6 Å². The minimum Gasteiger partial charge on any atom is -0.342 e. The summed E-state index contributed by atoms with van der Waals surface area (Å²) in [6, 6.07) is 12.3. The number of benzene rings is 2. The van der Waals surface area contributed by atoms with Gasteiger partial charge < -0.3 is 15.2 Å². The van der Waals surface area contributed by atoms with Crippen LogP contribution in [0.1, 0.15) is 40.3 Å². The van der Waals surface area contributed by atoms with E-state index < -0.39 is 6.04 Å². The maximum atomic E-state index is 12.6. The van der Waals surface area contributed by atoms with Crippen molar-refractivity contribution in [3.05, 3.63) is 82.7 Å². The quantitative estimate of drug-likeness (QED) is 0.332. The molecular weight excluding hydrogens is 458 g/mol. The fraction of sp³-hybridized carbons (Fsp3) is 0.250. The van der Waals surface area contributed by atoms with Crippen molar-refractivity contribution < 1.29 is 9.59 Å². The molecule has 0 saturated heterocycles. The van der Waals surface area contributed by atoms with Crippen LogP contribution >= 0.6 is 23.4 Å². The first-order chi connectivity index (χ1) is 15.8. The van der Waals surface area contributed by atoms with Gasteiger partial charge in [0.05, 0.1) is 22.4 Å². The number of thioether (sulfide) groups is 1. The molecule has 0 aliphatic rings. The van der Waals surface area contributed by atoms with Crippen molar-refractivity contribution in [3.8, 4) is 0 Å². The Balaban J connectivity index is 1.68. The molecule has 1 aromatic heterocycles. The number of anilines is 1. The van der Waals surface area contributed by atoms with Gasteiger partial charge in [0, 0.05) is 12.2 Å². The molecule has 0 bridgehead atoms. The molecule has 7 nitrogen and oxygen atoms in total. The minimum absolute atomic E-state index is 0.139. The second-order valence-corrected chi connectivity index (χ2v) is 8.98. The summed E-state index contributed by atoms with van der Waals surface area (Å²) in [5.41, 5.74) is 3.32. The van der Waals surface area contributed by atoms with Gasteiger partial charge in [-0.2, -0.15) is 0 Å². The average molecular weight is 484 g/mol. The van der Waals surface area contributed by atoms with Gasteiger partial charge in [-0.1, -0.05) is 47.6 Å². The Hall–Kier alpha value is -3.10. The molecule has 1 atom stereocenters. The van der Waals surface area contributed by atoms with E-state index in [0.717, 1.165) is 16.8 Å². The number of nitrogens with one attached hydrogen (secondary N) is 2. The molecule has 0 spiro atoms. The van der Waals surface area contributed by atoms with Gasteiger partial charge >= 0.3 is 0 Å². The van der Waals surface area contributed by atoms with E-state index in [2.05, 4.69) is 33.5 Å². The van der Waals surface area contributed by atoms with Gasteiger partial charge in [-0.15, -0.1) is 16.8 Å². The summed E-state index contributed by atoms with van der Waals surface area (Å²) in [4.78, 5) is 25.1. The first kappa shape index (κ1) is 24.5. The number of rotatable bonds is 9. The highest BCUT2D eigenvalue weighted by molar-refractivity contribution is 7.99. The summed E-state index contributed by atoms with van der Waals surface area (Å²) in [5.74, 6) is 0.290. The topological polar surface area (TPSA) is 88.9 Å². The predicted octanol–water partition coefficient (Wildman–Crippen LogP) is 4.96. The van der Waals surface area contributed by atoms with Crippen molar-refractivity contribution in [2.24, 2.45) is 0 Å². The number of allylic oxidation sites excluding steroid dienone is 1. The van der Waals surface area contributed by atoms with Gasteiger partial charge in [-0.3, -0.25) is 9.59 Å². The van der Waals surface area contributed by atoms with Crippen molar-refractivity contribution in [1.82, 2.24) is 20.1 Å². The van der Waals surface area contributed by atoms with Crippen LogP contribution in [0, 0.1) is 13.8 Å². The number of hydrogen-bond acceptors (Lipinski definition) is 5. The molecular formula is C24H26ClN5O2S. The normalized spacial score (nSPS) is 11.6. The first-order valence-corrected chi connectivity index (χ1v) is 11.7. The third-order valence-electron chi connectivity index (χ3n) is 4.75. The van der Waals surface area contributed by atoms with Crippen LogP contribution in [0.2, 0.25) is 5.02 Å². The molecule has 0 radical (unpaired) electrons. The Labute approximate surface area is 202 Å². The molecule has 2 amide bonds. The van der Waals surface area contributed by atoms with Crippen LogP contribution in [0.3, 0.4) is 0 Å². The molecule has 33 heavy (non-hydrogen) atoms. The van der Waals surface area contributed by atoms with Gasteiger partial charge in [-0.25, -0.2) is 0 Å². The molecule has 172 valence electrons. The lowest BCUT2D eigenvalue weighted by Gasteiger charge is -2.15. The molecule has 9 heteroatoms. The van der Waals surface area contributed by atoms with E-state index in [1.807, 2.05) is 37.5 Å². The van der Waals surface area contributed by atoms with Crippen LogP contribution in [0.5, 0.6) is 0 Å². The molecule has 0 saturated carbocycles. The Morgan fingerprint density at radius 2 is 1.88 bits per heavy atom. The minimum atomic E-state index is -0.431. The van der Waals surface area contributed by atoms with E-state index >= 15 is 0 Å². The summed E-state index contributed by atoms with van der Waals surface area (Å²) in [6.07, 6.45) is 1.72. The van der Waals surface area contributed by atoms with Gasteiger partial charge in [0.2, 0.25) is 5.91 Å². The van der Waals surface area contributed by atoms with E-state index in [1.165, 1.54) is 11.8 Å². The zero-order valence-corrected chi connectivity index (χ0v) is 20.3. The number of carbonyl (C=O) groups excluding carboxylic acids is 2. The maximum Gasteiger partial charge on any atom is 0.253 e. The van der Waals surface area contributed by atoms with Gasteiger partial charge in [0.25, 0.3) is 5.91 Å². The summed E-state index contributed by atoms with van der Waals surface area (Å²) in [7, 11) is 0. The summed E-state index contributed by atoms with van der Waals surface area (Å²) in [6.45, 7) is 10.0. The number of aromatic nitrogens is 3. The van der Waals surface area contributed by atoms with E-state index in [0.29, 0.717) is 28.1 Å². The Morgan fingerprint density at radius 3 is 2.55 bits per heavy atom. The lowest BCUT2D eigenvalue weighted by molar-refractivity contribution is -0.113. The second kappa shape index (κ2) is 11.2. The molecule has 0 fully saturated rings. The smallest absolute Gasteiger partial charge is 0.253 e. The molecule has 0 unspecified atom stereocenters. The second-order valence-electron chi connectivity index (χ2n) is 7.63. The zero-order valence-electron chi connectivity index (χ0n) is 18.8. The van der Waals surface area contributed by atoms with Crippen molar-refractivity contribution in [1.29, 1.82) is 0 Å². The molecule has 0 aliphatic heterocycles.